The Morgan fingerprint density at radius 1 is 1.06 bits per heavy atom. The van der Waals surface area contributed by atoms with E-state index < -0.39 is 0 Å². The summed E-state index contributed by atoms with van der Waals surface area (Å²) in [5.41, 5.74) is 2.61. The largest absolute Gasteiger partial charge is 0.491 e. The first-order valence-corrected chi connectivity index (χ1v) is 10.8. The zero-order valence-electron chi connectivity index (χ0n) is 19.0. The van der Waals surface area contributed by atoms with Crippen LogP contribution >= 0.6 is 0 Å². The fourth-order valence-electron chi connectivity index (χ4n) is 3.64. The van der Waals surface area contributed by atoms with Crippen molar-refractivity contribution < 1.29 is 18.8 Å². The molecule has 1 aliphatic rings. The summed E-state index contributed by atoms with van der Waals surface area (Å²) >= 11 is 0. The third kappa shape index (κ3) is 5.77. The second-order valence-electron chi connectivity index (χ2n) is 8.25. The van der Waals surface area contributed by atoms with Crippen molar-refractivity contribution in [2.45, 2.75) is 53.2 Å². The summed E-state index contributed by atoms with van der Waals surface area (Å²) in [5, 5.41) is 6.95. The van der Waals surface area contributed by atoms with Gasteiger partial charge in [0, 0.05) is 31.7 Å². The van der Waals surface area contributed by atoms with Crippen LogP contribution in [0.15, 0.2) is 28.8 Å². The van der Waals surface area contributed by atoms with E-state index in [1.807, 2.05) is 58.9 Å². The fraction of sp³-hybridized carbons (Fsp3) is 0.522. The molecule has 2 heterocycles. The Labute approximate surface area is 183 Å². The molecule has 8 nitrogen and oxygen atoms in total. The molecule has 1 aliphatic heterocycles. The Morgan fingerprint density at radius 3 is 2.23 bits per heavy atom. The maximum Gasteiger partial charge on any atom is 0.317 e. The zero-order chi connectivity index (χ0) is 22.5. The fourth-order valence-corrected chi connectivity index (χ4v) is 3.64. The minimum absolute atomic E-state index is 0.0338. The van der Waals surface area contributed by atoms with Gasteiger partial charge >= 0.3 is 6.03 Å². The van der Waals surface area contributed by atoms with Gasteiger partial charge < -0.3 is 24.4 Å². The highest BCUT2D eigenvalue weighted by atomic mass is 16.5. The first-order chi connectivity index (χ1) is 14.7. The van der Waals surface area contributed by atoms with Gasteiger partial charge in [-0.15, -0.1) is 0 Å². The zero-order valence-corrected chi connectivity index (χ0v) is 19.0. The number of nitrogens with zero attached hydrogens (tertiary/aromatic N) is 3. The number of carbonyl (C=O) groups is 2. The van der Waals surface area contributed by atoms with Crippen molar-refractivity contribution in [3.63, 3.8) is 0 Å². The van der Waals surface area contributed by atoms with E-state index >= 15 is 0 Å². The summed E-state index contributed by atoms with van der Waals surface area (Å²) < 4.78 is 10.8. The van der Waals surface area contributed by atoms with Gasteiger partial charge in [-0.2, -0.15) is 0 Å². The Kier molecular flexibility index (Phi) is 7.20. The van der Waals surface area contributed by atoms with Crippen molar-refractivity contribution in [1.29, 1.82) is 0 Å². The van der Waals surface area contributed by atoms with E-state index in [2.05, 4.69) is 10.5 Å². The van der Waals surface area contributed by atoms with Crippen molar-refractivity contribution in [2.24, 2.45) is 0 Å². The molecule has 0 spiro atoms. The number of carbonyl (C=O) groups excluding carboxylic acids is 2. The lowest BCUT2D eigenvalue weighted by molar-refractivity contribution is -0.131. The van der Waals surface area contributed by atoms with E-state index in [1.54, 1.807) is 9.80 Å². The van der Waals surface area contributed by atoms with Crippen LogP contribution in [0.25, 0.3) is 0 Å². The van der Waals surface area contributed by atoms with Crippen LogP contribution in [0.4, 0.5) is 4.79 Å². The van der Waals surface area contributed by atoms with Gasteiger partial charge in [0.05, 0.1) is 24.3 Å². The molecule has 1 fully saturated rings. The molecule has 1 aromatic carbocycles. The third-order valence-corrected chi connectivity index (χ3v) is 5.52. The summed E-state index contributed by atoms with van der Waals surface area (Å²) in [4.78, 5) is 28.9. The van der Waals surface area contributed by atoms with E-state index in [-0.39, 0.29) is 30.5 Å². The van der Waals surface area contributed by atoms with Gasteiger partial charge in [0.25, 0.3) is 0 Å². The molecule has 2 aromatic rings. The molecule has 3 rings (SSSR count). The lowest BCUT2D eigenvalue weighted by Gasteiger charge is -2.35. The molecule has 1 saturated heterocycles. The van der Waals surface area contributed by atoms with Crippen molar-refractivity contribution >= 4 is 11.9 Å². The first-order valence-electron chi connectivity index (χ1n) is 10.8. The molecule has 1 unspecified atom stereocenters. The molecule has 1 aromatic heterocycles. The summed E-state index contributed by atoms with van der Waals surface area (Å²) in [6.45, 7) is 11.6. The van der Waals surface area contributed by atoms with E-state index in [4.69, 9.17) is 9.26 Å². The molecule has 1 atom stereocenters. The van der Waals surface area contributed by atoms with E-state index in [1.165, 1.54) is 0 Å². The molecule has 168 valence electrons. The number of aryl methyl sites for hydroxylation is 2. The summed E-state index contributed by atoms with van der Waals surface area (Å²) in [7, 11) is 0. The normalized spacial score (nSPS) is 15.2. The van der Waals surface area contributed by atoms with Crippen molar-refractivity contribution in [3.8, 4) is 5.75 Å². The molecular weight excluding hydrogens is 396 g/mol. The third-order valence-electron chi connectivity index (χ3n) is 5.52. The van der Waals surface area contributed by atoms with Crippen LogP contribution in [0.1, 0.15) is 49.4 Å². The maximum absolute atomic E-state index is 12.7. The quantitative estimate of drug-likeness (QED) is 0.763. The number of amides is 3. The van der Waals surface area contributed by atoms with Crippen LogP contribution in [0.2, 0.25) is 0 Å². The molecule has 0 aliphatic carbocycles. The van der Waals surface area contributed by atoms with Crippen LogP contribution in [-0.2, 0) is 11.2 Å². The van der Waals surface area contributed by atoms with Crippen LogP contribution < -0.4 is 10.1 Å². The van der Waals surface area contributed by atoms with Gasteiger partial charge in [-0.25, -0.2) is 4.79 Å². The van der Waals surface area contributed by atoms with Gasteiger partial charge in [-0.05, 0) is 52.3 Å². The van der Waals surface area contributed by atoms with Crippen molar-refractivity contribution in [3.05, 3.63) is 46.8 Å². The topological polar surface area (TPSA) is 87.9 Å². The number of hydrogen-bond acceptors (Lipinski definition) is 5. The smallest absolute Gasteiger partial charge is 0.317 e. The Morgan fingerprint density at radius 2 is 1.68 bits per heavy atom. The predicted molar refractivity (Wildman–Crippen MR) is 117 cm³/mol. The molecule has 8 heteroatoms. The number of piperazine rings is 1. The number of ether oxygens (including phenoxy) is 1. The van der Waals surface area contributed by atoms with Gasteiger partial charge in [0.2, 0.25) is 5.91 Å². The van der Waals surface area contributed by atoms with Gasteiger partial charge in [-0.3, -0.25) is 4.79 Å². The second kappa shape index (κ2) is 9.85. The molecule has 1 N–H and O–H groups in total. The summed E-state index contributed by atoms with van der Waals surface area (Å²) in [6, 6.07) is 7.53. The number of nitrogens with one attached hydrogen (secondary N) is 1. The Balaban J connectivity index is 1.48. The highest BCUT2D eigenvalue weighted by Crippen LogP contribution is 2.19. The molecule has 31 heavy (non-hydrogen) atoms. The average Bonchev–Trinajstić information content (AvgIpc) is 3.05. The number of aromatic nitrogens is 1. The molecule has 0 saturated carbocycles. The van der Waals surface area contributed by atoms with Gasteiger partial charge in [0.1, 0.15) is 11.5 Å². The average molecular weight is 429 g/mol. The highest BCUT2D eigenvalue weighted by molar-refractivity contribution is 5.80. The number of urea groups is 1. The maximum atomic E-state index is 12.7. The SMILES string of the molecule is Cc1noc(C)c1CC(=O)N1CCN(C(=O)NC(C)c2ccc(OC(C)C)cc2)CC1. The van der Waals surface area contributed by atoms with Crippen LogP contribution in [0.5, 0.6) is 5.75 Å². The molecule has 0 bridgehead atoms. The minimum Gasteiger partial charge on any atom is -0.491 e. The lowest BCUT2D eigenvalue weighted by atomic mass is 10.1. The number of benzene rings is 1. The summed E-state index contributed by atoms with van der Waals surface area (Å²) in [5.74, 6) is 1.53. The Bertz CT molecular complexity index is 879. The molecular formula is C23H32N4O4. The van der Waals surface area contributed by atoms with E-state index in [0.717, 1.165) is 22.6 Å². The standard InChI is InChI=1S/C23H32N4O4/c1-15(2)30-20-8-6-19(7-9-20)16(3)24-23(29)27-12-10-26(11-13-27)22(28)14-21-17(4)25-31-18(21)5/h6-9,15-16H,10-14H2,1-5H3,(H,24,29). The van der Waals surface area contributed by atoms with E-state index in [0.29, 0.717) is 31.9 Å². The monoisotopic (exact) mass is 428 g/mol. The molecule has 3 amide bonds. The van der Waals surface area contributed by atoms with Gasteiger partial charge in [-0.1, -0.05) is 17.3 Å². The summed E-state index contributed by atoms with van der Waals surface area (Å²) in [6.07, 6.45) is 0.402. The predicted octanol–water partition coefficient (Wildman–Crippen LogP) is 3.24. The first kappa shape index (κ1) is 22.7. The van der Waals surface area contributed by atoms with Crippen LogP contribution in [0.3, 0.4) is 0 Å². The second-order valence-corrected chi connectivity index (χ2v) is 8.25. The van der Waals surface area contributed by atoms with Crippen LogP contribution in [0, 0.1) is 13.8 Å². The lowest BCUT2D eigenvalue weighted by Crippen LogP contribution is -2.53. The van der Waals surface area contributed by atoms with Crippen molar-refractivity contribution in [1.82, 2.24) is 20.3 Å². The number of hydrogen-bond donors (Lipinski definition) is 1. The highest BCUT2D eigenvalue weighted by Gasteiger charge is 2.26. The van der Waals surface area contributed by atoms with E-state index in [9.17, 15) is 9.59 Å². The minimum atomic E-state index is -0.125. The molecule has 0 radical (unpaired) electrons. The number of rotatable bonds is 6. The van der Waals surface area contributed by atoms with Gasteiger partial charge in [0.15, 0.2) is 0 Å². The van der Waals surface area contributed by atoms with Crippen molar-refractivity contribution in [2.75, 3.05) is 26.2 Å². The van der Waals surface area contributed by atoms with Crippen LogP contribution in [-0.4, -0.2) is 59.2 Å². The Hall–Kier alpha value is -3.03.